The SMILES string of the molecule is CCn1nc2c3c(cccc31)C(=O)N([C@@H]1CN3CCC1CC3)C2.Cl. The van der Waals surface area contributed by atoms with Gasteiger partial charge in [-0.1, -0.05) is 6.07 Å². The van der Waals surface area contributed by atoms with E-state index < -0.39 is 0 Å². The normalized spacial score (nSPS) is 28.3. The van der Waals surface area contributed by atoms with Crippen molar-refractivity contribution in [3.8, 4) is 0 Å². The van der Waals surface area contributed by atoms with E-state index in [0.29, 0.717) is 18.5 Å². The lowest BCUT2D eigenvalue weighted by Gasteiger charge is -2.49. The minimum atomic E-state index is 0. The number of aryl methyl sites for hydroxylation is 1. The summed E-state index contributed by atoms with van der Waals surface area (Å²) in [7, 11) is 0. The number of aromatic nitrogens is 2. The Kier molecular flexibility index (Phi) is 3.81. The maximum absolute atomic E-state index is 13.1. The van der Waals surface area contributed by atoms with Crippen molar-refractivity contribution < 1.29 is 4.79 Å². The molecule has 0 N–H and O–H groups in total. The number of carbonyl (C=O) groups excluding carboxylic acids is 1. The first-order chi connectivity index (χ1) is 11.3. The van der Waals surface area contributed by atoms with Crippen LogP contribution in [0.2, 0.25) is 0 Å². The molecule has 5 heterocycles. The summed E-state index contributed by atoms with van der Waals surface area (Å²) < 4.78 is 2.03. The highest BCUT2D eigenvalue weighted by atomic mass is 35.5. The highest BCUT2D eigenvalue weighted by Gasteiger charge is 2.42. The van der Waals surface area contributed by atoms with Crippen LogP contribution >= 0.6 is 12.4 Å². The minimum absolute atomic E-state index is 0. The van der Waals surface area contributed by atoms with Gasteiger partial charge in [-0.2, -0.15) is 5.10 Å². The second-order valence-electron chi connectivity index (χ2n) is 7.10. The fourth-order valence-corrected chi connectivity index (χ4v) is 4.78. The molecule has 3 saturated heterocycles. The molecule has 1 atom stereocenters. The summed E-state index contributed by atoms with van der Waals surface area (Å²) in [6, 6.07) is 6.41. The molecule has 6 heteroatoms. The quantitative estimate of drug-likeness (QED) is 0.839. The van der Waals surface area contributed by atoms with Crippen LogP contribution in [-0.2, 0) is 13.1 Å². The van der Waals surface area contributed by atoms with Gasteiger partial charge in [0.15, 0.2) is 0 Å². The lowest BCUT2D eigenvalue weighted by Crippen LogP contribution is -2.59. The maximum atomic E-state index is 13.1. The van der Waals surface area contributed by atoms with Gasteiger partial charge in [0.1, 0.15) is 0 Å². The molecule has 128 valence electrons. The molecule has 0 spiro atoms. The van der Waals surface area contributed by atoms with E-state index in [1.807, 2.05) is 16.8 Å². The zero-order chi connectivity index (χ0) is 15.6. The van der Waals surface area contributed by atoms with Crippen LogP contribution < -0.4 is 0 Å². The molecule has 5 nitrogen and oxygen atoms in total. The van der Waals surface area contributed by atoms with Crippen LogP contribution in [0.25, 0.3) is 10.9 Å². The van der Waals surface area contributed by atoms with Gasteiger partial charge >= 0.3 is 0 Å². The minimum Gasteiger partial charge on any atom is -0.328 e. The molecule has 0 aliphatic carbocycles. The number of amides is 1. The molecule has 0 radical (unpaired) electrons. The van der Waals surface area contributed by atoms with Crippen molar-refractivity contribution in [2.45, 2.75) is 38.9 Å². The largest absolute Gasteiger partial charge is 0.328 e. The average Bonchev–Trinajstić information content (AvgIpc) is 2.98. The van der Waals surface area contributed by atoms with E-state index in [4.69, 9.17) is 5.10 Å². The van der Waals surface area contributed by atoms with E-state index in [1.54, 1.807) is 0 Å². The van der Waals surface area contributed by atoms with Crippen molar-refractivity contribution in [2.75, 3.05) is 19.6 Å². The molecule has 4 aliphatic rings. The van der Waals surface area contributed by atoms with Crippen LogP contribution in [0, 0.1) is 5.92 Å². The lowest BCUT2D eigenvalue weighted by atomic mass is 9.82. The van der Waals surface area contributed by atoms with Gasteiger partial charge in [0.05, 0.1) is 23.3 Å². The summed E-state index contributed by atoms with van der Waals surface area (Å²) in [5.74, 6) is 0.871. The second-order valence-corrected chi connectivity index (χ2v) is 7.10. The number of halogens is 1. The Labute approximate surface area is 148 Å². The number of nitrogens with zero attached hydrogens (tertiary/aromatic N) is 4. The van der Waals surface area contributed by atoms with E-state index in [1.165, 1.54) is 25.9 Å². The van der Waals surface area contributed by atoms with Gasteiger partial charge in [-0.15, -0.1) is 12.4 Å². The lowest BCUT2D eigenvalue weighted by molar-refractivity contribution is 0.00362. The van der Waals surface area contributed by atoms with Crippen LogP contribution in [0.3, 0.4) is 0 Å². The number of carbonyl (C=O) groups is 1. The molecular weight excluding hydrogens is 324 g/mol. The Bertz CT molecular complexity index is 794. The summed E-state index contributed by atoms with van der Waals surface area (Å²) in [5, 5.41) is 5.87. The Hall–Kier alpha value is -1.59. The van der Waals surface area contributed by atoms with E-state index in [9.17, 15) is 4.79 Å². The summed E-state index contributed by atoms with van der Waals surface area (Å²) >= 11 is 0. The number of hydrogen-bond acceptors (Lipinski definition) is 3. The topological polar surface area (TPSA) is 41.4 Å². The summed E-state index contributed by atoms with van der Waals surface area (Å²) in [6.07, 6.45) is 2.46. The Morgan fingerprint density at radius 2 is 2.04 bits per heavy atom. The molecular formula is C18H23ClN4O. The number of piperidine rings is 3. The smallest absolute Gasteiger partial charge is 0.255 e. The Morgan fingerprint density at radius 1 is 1.25 bits per heavy atom. The third kappa shape index (κ3) is 2.11. The van der Waals surface area contributed by atoms with Crippen molar-refractivity contribution in [3.05, 3.63) is 29.5 Å². The number of hydrogen-bond donors (Lipinski definition) is 0. The molecule has 24 heavy (non-hydrogen) atoms. The van der Waals surface area contributed by atoms with Gasteiger partial charge < -0.3 is 9.80 Å². The third-order valence-corrected chi connectivity index (χ3v) is 5.98. The third-order valence-electron chi connectivity index (χ3n) is 5.98. The summed E-state index contributed by atoms with van der Waals surface area (Å²) in [5.41, 5.74) is 3.02. The molecule has 1 aromatic heterocycles. The van der Waals surface area contributed by atoms with E-state index in [-0.39, 0.29) is 18.3 Å². The molecule has 6 rings (SSSR count). The first-order valence-electron chi connectivity index (χ1n) is 8.78. The second kappa shape index (κ2) is 5.74. The van der Waals surface area contributed by atoms with Gasteiger partial charge in [0, 0.05) is 24.5 Å². The molecule has 4 aliphatic heterocycles. The standard InChI is InChI=1S/C18H22N4O.ClH/c1-2-22-15-5-3-4-13-17(15)14(19-22)10-21(18(13)23)16-11-20-8-6-12(16)7-9-20;/h3-5,12,16H,2,6-11H2,1H3;1H/t16-;/m1./s1. The van der Waals surface area contributed by atoms with Crippen molar-refractivity contribution in [2.24, 2.45) is 5.92 Å². The van der Waals surface area contributed by atoms with Gasteiger partial charge in [-0.05, 0) is 50.9 Å². The van der Waals surface area contributed by atoms with Gasteiger partial charge in [-0.3, -0.25) is 9.48 Å². The summed E-state index contributed by atoms with van der Waals surface area (Å²) in [4.78, 5) is 17.8. The fraction of sp³-hybridized carbons (Fsp3) is 0.556. The van der Waals surface area contributed by atoms with Crippen LogP contribution in [0.15, 0.2) is 18.2 Å². The highest BCUT2D eigenvalue weighted by molar-refractivity contribution is 6.09. The maximum Gasteiger partial charge on any atom is 0.255 e. The fourth-order valence-electron chi connectivity index (χ4n) is 4.78. The van der Waals surface area contributed by atoms with E-state index in [0.717, 1.165) is 35.2 Å². The molecule has 2 bridgehead atoms. The monoisotopic (exact) mass is 346 g/mol. The number of benzene rings is 1. The first-order valence-corrected chi connectivity index (χ1v) is 8.78. The number of fused-ring (bicyclic) bond motifs is 3. The zero-order valence-corrected chi connectivity index (χ0v) is 14.8. The van der Waals surface area contributed by atoms with Gasteiger partial charge in [0.2, 0.25) is 0 Å². The molecule has 2 aromatic rings. The molecule has 0 unspecified atom stereocenters. The van der Waals surface area contributed by atoms with Crippen molar-refractivity contribution in [1.82, 2.24) is 19.6 Å². The zero-order valence-electron chi connectivity index (χ0n) is 13.9. The van der Waals surface area contributed by atoms with Crippen LogP contribution in [0.5, 0.6) is 0 Å². The van der Waals surface area contributed by atoms with E-state index >= 15 is 0 Å². The first kappa shape index (κ1) is 15.9. The Morgan fingerprint density at radius 3 is 2.71 bits per heavy atom. The molecule has 1 aromatic carbocycles. The average molecular weight is 347 g/mol. The van der Waals surface area contributed by atoms with E-state index in [2.05, 4.69) is 22.8 Å². The van der Waals surface area contributed by atoms with Gasteiger partial charge in [0.25, 0.3) is 5.91 Å². The molecule has 1 amide bonds. The molecule has 3 fully saturated rings. The van der Waals surface area contributed by atoms with Crippen molar-refractivity contribution >= 4 is 29.2 Å². The predicted octanol–water partition coefficient (Wildman–Crippen LogP) is 2.53. The van der Waals surface area contributed by atoms with Crippen LogP contribution in [0.4, 0.5) is 0 Å². The van der Waals surface area contributed by atoms with Crippen molar-refractivity contribution in [1.29, 1.82) is 0 Å². The highest BCUT2D eigenvalue weighted by Crippen LogP contribution is 2.36. The predicted molar refractivity (Wildman–Crippen MR) is 95.5 cm³/mol. The van der Waals surface area contributed by atoms with Crippen molar-refractivity contribution in [3.63, 3.8) is 0 Å². The van der Waals surface area contributed by atoms with Gasteiger partial charge in [-0.25, -0.2) is 0 Å². The van der Waals surface area contributed by atoms with Crippen LogP contribution in [-0.4, -0.2) is 51.2 Å². The van der Waals surface area contributed by atoms with Crippen LogP contribution in [0.1, 0.15) is 35.8 Å². The number of rotatable bonds is 2. The Balaban J connectivity index is 0.00000146. The summed E-state index contributed by atoms with van der Waals surface area (Å²) in [6.45, 7) is 7.06. The molecule has 0 saturated carbocycles.